The average Bonchev–Trinajstić information content (AvgIpc) is 1.88. The average molecular weight is 180 g/mol. The van der Waals surface area contributed by atoms with E-state index in [1.54, 1.807) is 0 Å². The van der Waals surface area contributed by atoms with Crippen LogP contribution in [0.4, 0.5) is 0 Å². The molecule has 0 amide bonds. The Morgan fingerprint density at radius 2 is 2.18 bits per heavy atom. The molecule has 0 aliphatic heterocycles. The van der Waals surface area contributed by atoms with Crippen LogP contribution in [0.5, 0.6) is 0 Å². The van der Waals surface area contributed by atoms with Gasteiger partial charge in [-0.05, 0) is 5.57 Å². The predicted molar refractivity (Wildman–Crippen MR) is 35.2 cm³/mol. The van der Waals surface area contributed by atoms with Crippen molar-refractivity contribution in [1.29, 1.82) is 0 Å². The molecule has 0 aromatic heterocycles. The molecule has 0 fully saturated rings. The van der Waals surface area contributed by atoms with Crippen molar-refractivity contribution in [1.82, 2.24) is 0 Å². The minimum Gasteiger partial charge on any atom is -0.545 e. The minimum absolute atomic E-state index is 0. The third-order valence-corrected chi connectivity index (χ3v) is 0.801. The molecule has 0 saturated carbocycles. The van der Waals surface area contributed by atoms with Crippen LogP contribution in [0.3, 0.4) is 0 Å². The van der Waals surface area contributed by atoms with Gasteiger partial charge in [0.1, 0.15) is 0 Å². The van der Waals surface area contributed by atoms with E-state index in [1.807, 2.05) is 0 Å². The zero-order chi connectivity index (χ0) is 7.98. The molecule has 0 N–H and O–H groups in total. The summed E-state index contributed by atoms with van der Waals surface area (Å²) in [6, 6.07) is 0. The molecule has 0 rings (SSSR count). The fourth-order valence-corrected chi connectivity index (χ4v) is 0.324. The van der Waals surface area contributed by atoms with Crippen molar-refractivity contribution in [2.45, 2.75) is 0 Å². The number of carboxylic acid groups (broad SMARTS) is 1. The Labute approximate surface area is 109 Å². The van der Waals surface area contributed by atoms with Gasteiger partial charge in [0.2, 0.25) is 0 Å². The van der Waals surface area contributed by atoms with Crippen LogP contribution in [0, 0.1) is 0 Å². The normalized spacial score (nSPS) is 8.00. The zero-order valence-electron chi connectivity index (χ0n) is 6.63. The van der Waals surface area contributed by atoms with Crippen LogP contribution in [0.2, 0.25) is 0 Å². The fourth-order valence-electron chi connectivity index (χ4n) is 0.324. The second-order valence-corrected chi connectivity index (χ2v) is 1.69. The van der Waals surface area contributed by atoms with E-state index in [9.17, 15) is 9.90 Å². The maximum Gasteiger partial charge on any atom is 1.00 e. The molecule has 0 unspecified atom stereocenters. The molecule has 0 bridgehead atoms. The van der Waals surface area contributed by atoms with Crippen LogP contribution in [-0.4, -0.2) is 19.2 Å². The molecule has 0 radical (unpaired) electrons. The summed E-state index contributed by atoms with van der Waals surface area (Å²) < 4.78 is 4.77. The van der Waals surface area contributed by atoms with Gasteiger partial charge >= 0.3 is 51.4 Å². The summed E-state index contributed by atoms with van der Waals surface area (Å²) in [5, 5.41) is 9.98. The summed E-state index contributed by atoms with van der Waals surface area (Å²) in [6.45, 7) is 6.91. The molecule has 0 aliphatic rings. The number of aliphatic carboxylic acids is 1. The van der Waals surface area contributed by atoms with Crippen molar-refractivity contribution in [3.8, 4) is 0 Å². The van der Waals surface area contributed by atoms with Crippen LogP contribution in [0.1, 0.15) is 0 Å². The zero-order valence-corrected chi connectivity index (χ0v) is 9.75. The first kappa shape index (κ1) is 14.1. The van der Waals surface area contributed by atoms with Crippen molar-refractivity contribution in [3.05, 3.63) is 24.8 Å². The Bertz CT molecular complexity index is 154. The molecule has 3 nitrogen and oxygen atoms in total. The SMILES string of the molecule is C=CCOCC(=C)C(=O)[O-].[K+]. The molecule has 11 heavy (non-hydrogen) atoms. The summed E-state index contributed by atoms with van der Waals surface area (Å²) in [7, 11) is 0. The smallest absolute Gasteiger partial charge is 0.545 e. The second-order valence-electron chi connectivity index (χ2n) is 1.69. The number of carbonyl (C=O) groups excluding carboxylic acids is 1. The number of hydrogen-bond acceptors (Lipinski definition) is 3. The third-order valence-electron chi connectivity index (χ3n) is 0.801. The van der Waals surface area contributed by atoms with E-state index in [4.69, 9.17) is 4.74 Å². The van der Waals surface area contributed by atoms with Gasteiger partial charge in [0.15, 0.2) is 0 Å². The number of ether oxygens (including phenoxy) is 1. The molecule has 4 heteroatoms. The maximum absolute atomic E-state index is 9.98. The second kappa shape index (κ2) is 8.64. The number of carboxylic acids is 1. The minimum atomic E-state index is -1.27. The molecule has 0 saturated heterocycles. The summed E-state index contributed by atoms with van der Waals surface area (Å²) in [4.78, 5) is 9.98. The van der Waals surface area contributed by atoms with E-state index in [0.717, 1.165) is 0 Å². The number of hydrogen-bond donors (Lipinski definition) is 0. The monoisotopic (exact) mass is 180 g/mol. The van der Waals surface area contributed by atoms with Gasteiger partial charge in [0, 0.05) is 0 Å². The van der Waals surface area contributed by atoms with E-state index in [0.29, 0.717) is 6.61 Å². The largest absolute Gasteiger partial charge is 1.00 e. The molecule has 0 spiro atoms. The molecule has 56 valence electrons. The third kappa shape index (κ3) is 8.45. The Balaban J connectivity index is 0. The quantitative estimate of drug-likeness (QED) is 0.191. The van der Waals surface area contributed by atoms with Crippen molar-refractivity contribution in [3.63, 3.8) is 0 Å². The van der Waals surface area contributed by atoms with Crippen LogP contribution in [0.25, 0.3) is 0 Å². The summed E-state index contributed by atoms with van der Waals surface area (Å²) in [6.07, 6.45) is 1.53. The van der Waals surface area contributed by atoms with Gasteiger partial charge in [-0.2, -0.15) is 0 Å². The molecule has 0 aromatic rings. The molecule has 0 aliphatic carbocycles. The first-order valence-electron chi connectivity index (χ1n) is 2.76. The van der Waals surface area contributed by atoms with Gasteiger partial charge in [0.05, 0.1) is 19.2 Å². The van der Waals surface area contributed by atoms with Gasteiger partial charge in [-0.15, -0.1) is 6.58 Å². The van der Waals surface area contributed by atoms with E-state index in [2.05, 4.69) is 13.2 Å². The van der Waals surface area contributed by atoms with Gasteiger partial charge in [-0.1, -0.05) is 12.7 Å². The molecule has 0 aromatic carbocycles. The van der Waals surface area contributed by atoms with E-state index < -0.39 is 5.97 Å². The fraction of sp³-hybridized carbons (Fsp3) is 0.286. The van der Waals surface area contributed by atoms with Crippen LogP contribution >= 0.6 is 0 Å². The van der Waals surface area contributed by atoms with Gasteiger partial charge in [-0.25, -0.2) is 0 Å². The van der Waals surface area contributed by atoms with Crippen LogP contribution < -0.4 is 56.5 Å². The van der Waals surface area contributed by atoms with E-state index in [1.165, 1.54) is 6.08 Å². The molecular weight excluding hydrogens is 171 g/mol. The topological polar surface area (TPSA) is 49.4 Å². The Hall–Kier alpha value is 0.546. The maximum atomic E-state index is 9.98. The van der Waals surface area contributed by atoms with Gasteiger partial charge in [0.25, 0.3) is 0 Å². The summed E-state index contributed by atoms with van der Waals surface area (Å²) in [5.74, 6) is -1.27. The van der Waals surface area contributed by atoms with Crippen molar-refractivity contribution in [2.75, 3.05) is 13.2 Å². The number of carbonyl (C=O) groups is 1. The van der Waals surface area contributed by atoms with Gasteiger partial charge < -0.3 is 14.6 Å². The Kier molecular flexibility index (Phi) is 11.1. The molecule has 0 heterocycles. The van der Waals surface area contributed by atoms with Crippen LogP contribution in [-0.2, 0) is 9.53 Å². The Morgan fingerprint density at radius 1 is 1.64 bits per heavy atom. The predicted octanol–water partition coefficient (Wildman–Crippen LogP) is -3.50. The molecule has 0 atom stereocenters. The number of rotatable bonds is 5. The van der Waals surface area contributed by atoms with Crippen molar-refractivity contribution < 1.29 is 66.0 Å². The van der Waals surface area contributed by atoms with Crippen LogP contribution in [0.15, 0.2) is 24.8 Å². The Morgan fingerprint density at radius 3 is 2.55 bits per heavy atom. The van der Waals surface area contributed by atoms with E-state index >= 15 is 0 Å². The standard InChI is InChI=1S/C7H10O3.K/c1-3-4-10-5-6(2)7(8)9;/h3H,1-2,4-5H2,(H,8,9);/q;+1/p-1. The van der Waals surface area contributed by atoms with Gasteiger partial charge in [-0.3, -0.25) is 0 Å². The first-order valence-corrected chi connectivity index (χ1v) is 2.76. The summed E-state index contributed by atoms with van der Waals surface area (Å²) in [5.41, 5.74) is -0.0538. The first-order chi connectivity index (χ1) is 4.68. The van der Waals surface area contributed by atoms with E-state index in [-0.39, 0.29) is 63.6 Å². The van der Waals surface area contributed by atoms with Crippen molar-refractivity contribution in [2.24, 2.45) is 0 Å². The van der Waals surface area contributed by atoms with Crippen molar-refractivity contribution >= 4 is 5.97 Å². The molecular formula is C7H9KO3. The summed E-state index contributed by atoms with van der Waals surface area (Å²) >= 11 is 0.